The van der Waals surface area contributed by atoms with Crippen LogP contribution in [0.1, 0.15) is 12.7 Å². The van der Waals surface area contributed by atoms with Crippen LogP contribution in [0.3, 0.4) is 0 Å². The van der Waals surface area contributed by atoms with Gasteiger partial charge in [-0.2, -0.15) is 0 Å². The fraction of sp³-hybridized carbons (Fsp3) is 0.312. The maximum atomic E-state index is 12.2. The number of nitrogens with one attached hydrogen (secondary N) is 1. The van der Waals surface area contributed by atoms with Crippen molar-refractivity contribution in [2.75, 3.05) is 35.8 Å². The van der Waals surface area contributed by atoms with E-state index in [9.17, 15) is 9.59 Å². The lowest BCUT2D eigenvalue weighted by Gasteiger charge is -2.17. The van der Waals surface area contributed by atoms with Gasteiger partial charge in [-0.3, -0.25) is 14.5 Å². The molecule has 1 aromatic carbocycles. The summed E-state index contributed by atoms with van der Waals surface area (Å²) in [5.74, 6) is 0.314. The van der Waals surface area contributed by atoms with Crippen LogP contribution in [0.2, 0.25) is 0 Å². The molecular weight excluding hydrogens is 296 g/mol. The van der Waals surface area contributed by atoms with Gasteiger partial charge in [0.1, 0.15) is 12.3 Å². The van der Waals surface area contributed by atoms with Crippen LogP contribution in [-0.4, -0.2) is 37.6 Å². The molecule has 1 aromatic heterocycles. The van der Waals surface area contributed by atoms with E-state index in [-0.39, 0.29) is 18.4 Å². The molecule has 0 atom stereocenters. The molecule has 0 saturated heterocycles. The van der Waals surface area contributed by atoms with E-state index in [1.807, 2.05) is 43.3 Å². The molecule has 0 bridgehead atoms. The molecule has 7 heteroatoms. The van der Waals surface area contributed by atoms with Crippen LogP contribution >= 0.6 is 0 Å². The Balaban J connectivity index is 2.03. The number of aryl methyl sites for hydroxylation is 1. The van der Waals surface area contributed by atoms with Gasteiger partial charge in [-0.15, -0.1) is 0 Å². The van der Waals surface area contributed by atoms with Crippen molar-refractivity contribution in [3.05, 3.63) is 36.1 Å². The first kappa shape index (κ1) is 16.5. The van der Waals surface area contributed by atoms with Gasteiger partial charge in [0.15, 0.2) is 5.82 Å². The number of hydrogen-bond acceptors (Lipinski definition) is 5. The Bertz CT molecular complexity index is 692. The number of hydrogen-bond donors (Lipinski definition) is 1. The van der Waals surface area contributed by atoms with Crippen molar-refractivity contribution in [2.45, 2.75) is 13.8 Å². The summed E-state index contributed by atoms with van der Waals surface area (Å²) >= 11 is 0. The maximum Gasteiger partial charge on any atom is 0.244 e. The van der Waals surface area contributed by atoms with Crippen molar-refractivity contribution < 1.29 is 14.1 Å². The summed E-state index contributed by atoms with van der Waals surface area (Å²) < 4.78 is 4.95. The average molecular weight is 316 g/mol. The van der Waals surface area contributed by atoms with Gasteiger partial charge >= 0.3 is 0 Å². The first-order chi connectivity index (χ1) is 10.9. The Kier molecular flexibility index (Phi) is 5.00. The highest BCUT2D eigenvalue weighted by Crippen LogP contribution is 2.17. The molecule has 1 N–H and O–H groups in total. The van der Waals surface area contributed by atoms with Gasteiger partial charge in [-0.25, -0.2) is 0 Å². The summed E-state index contributed by atoms with van der Waals surface area (Å²) in [4.78, 5) is 27.1. The predicted octanol–water partition coefficient (Wildman–Crippen LogP) is 2.04. The van der Waals surface area contributed by atoms with Gasteiger partial charge in [-0.1, -0.05) is 5.16 Å². The van der Waals surface area contributed by atoms with Crippen molar-refractivity contribution in [1.29, 1.82) is 0 Å². The molecule has 0 saturated carbocycles. The Morgan fingerprint density at radius 2 is 1.87 bits per heavy atom. The van der Waals surface area contributed by atoms with Crippen molar-refractivity contribution in [2.24, 2.45) is 0 Å². The van der Waals surface area contributed by atoms with E-state index in [4.69, 9.17) is 4.52 Å². The Morgan fingerprint density at radius 1 is 1.22 bits per heavy atom. The third-order valence-electron chi connectivity index (χ3n) is 3.24. The molecule has 0 aliphatic heterocycles. The monoisotopic (exact) mass is 316 g/mol. The molecule has 2 aromatic rings. The minimum absolute atomic E-state index is 0.128. The van der Waals surface area contributed by atoms with Crippen molar-refractivity contribution in [3.63, 3.8) is 0 Å². The highest BCUT2D eigenvalue weighted by molar-refractivity contribution is 6.01. The van der Waals surface area contributed by atoms with E-state index in [0.717, 1.165) is 5.69 Å². The number of amides is 2. The molecule has 0 radical (unpaired) electrons. The summed E-state index contributed by atoms with van der Waals surface area (Å²) in [5.41, 5.74) is 1.70. The molecule has 0 aliphatic carbocycles. The van der Waals surface area contributed by atoms with Gasteiger partial charge in [-0.05, 0) is 31.2 Å². The molecule has 0 spiro atoms. The number of anilines is 3. The lowest BCUT2D eigenvalue weighted by atomic mass is 10.2. The standard InChI is InChI=1S/C16H20N4O3/c1-11-9-15(18-23-11)20(12(2)21)10-16(22)17-13-5-7-14(8-6-13)19(3)4/h5-9H,10H2,1-4H3,(H,17,22). The quantitative estimate of drug-likeness (QED) is 0.913. The molecule has 2 amide bonds. The molecule has 0 unspecified atom stereocenters. The highest BCUT2D eigenvalue weighted by Gasteiger charge is 2.19. The Labute approximate surface area is 134 Å². The second kappa shape index (κ2) is 6.95. The van der Waals surface area contributed by atoms with Crippen LogP contribution in [0.5, 0.6) is 0 Å². The van der Waals surface area contributed by atoms with E-state index in [1.165, 1.54) is 11.8 Å². The largest absolute Gasteiger partial charge is 0.378 e. The van der Waals surface area contributed by atoms with Crippen LogP contribution in [0.4, 0.5) is 17.2 Å². The number of rotatable bonds is 5. The van der Waals surface area contributed by atoms with Gasteiger partial charge in [0, 0.05) is 38.5 Å². The number of carbonyl (C=O) groups is 2. The molecule has 0 fully saturated rings. The Morgan fingerprint density at radius 3 is 2.35 bits per heavy atom. The lowest BCUT2D eigenvalue weighted by Crippen LogP contribution is -2.36. The maximum absolute atomic E-state index is 12.2. The van der Waals surface area contributed by atoms with E-state index in [1.54, 1.807) is 13.0 Å². The van der Waals surface area contributed by atoms with Crippen LogP contribution in [-0.2, 0) is 9.59 Å². The van der Waals surface area contributed by atoms with Gasteiger partial charge < -0.3 is 14.7 Å². The van der Waals surface area contributed by atoms with Gasteiger partial charge in [0.2, 0.25) is 11.8 Å². The van der Waals surface area contributed by atoms with Crippen molar-refractivity contribution in [1.82, 2.24) is 5.16 Å². The van der Waals surface area contributed by atoms with E-state index < -0.39 is 0 Å². The molecule has 122 valence electrons. The minimum atomic E-state index is -0.307. The first-order valence-corrected chi connectivity index (χ1v) is 7.15. The smallest absolute Gasteiger partial charge is 0.244 e. The highest BCUT2D eigenvalue weighted by atomic mass is 16.5. The predicted molar refractivity (Wildman–Crippen MR) is 88.7 cm³/mol. The van der Waals surface area contributed by atoms with E-state index in [2.05, 4.69) is 10.5 Å². The number of benzene rings is 1. The van der Waals surface area contributed by atoms with Crippen molar-refractivity contribution in [3.8, 4) is 0 Å². The normalized spacial score (nSPS) is 10.3. The van der Waals surface area contributed by atoms with Crippen molar-refractivity contribution >= 4 is 29.0 Å². The molecular formula is C16H20N4O3. The molecule has 1 heterocycles. The summed E-state index contributed by atoms with van der Waals surface area (Å²) in [7, 11) is 3.89. The summed E-state index contributed by atoms with van der Waals surface area (Å²) in [6, 6.07) is 9.04. The zero-order valence-electron chi connectivity index (χ0n) is 13.7. The summed E-state index contributed by atoms with van der Waals surface area (Å²) in [6.45, 7) is 2.97. The fourth-order valence-electron chi connectivity index (χ4n) is 2.02. The minimum Gasteiger partial charge on any atom is -0.378 e. The third kappa shape index (κ3) is 4.32. The number of nitrogens with zero attached hydrogens (tertiary/aromatic N) is 3. The molecule has 2 rings (SSSR count). The third-order valence-corrected chi connectivity index (χ3v) is 3.24. The average Bonchev–Trinajstić information content (AvgIpc) is 2.91. The zero-order chi connectivity index (χ0) is 17.0. The van der Waals surface area contributed by atoms with E-state index >= 15 is 0 Å². The van der Waals surface area contributed by atoms with Crippen LogP contribution in [0, 0.1) is 6.92 Å². The number of carbonyl (C=O) groups excluding carboxylic acids is 2. The van der Waals surface area contributed by atoms with Crippen LogP contribution in [0.25, 0.3) is 0 Å². The summed E-state index contributed by atoms with van der Waals surface area (Å²) in [5, 5.41) is 6.53. The SMILES string of the molecule is CC(=O)N(CC(=O)Nc1ccc(N(C)C)cc1)c1cc(C)on1. The van der Waals surface area contributed by atoms with Gasteiger partial charge in [0.25, 0.3) is 0 Å². The number of aromatic nitrogens is 1. The summed E-state index contributed by atoms with van der Waals surface area (Å²) in [6.07, 6.45) is 0. The second-order valence-corrected chi connectivity index (χ2v) is 5.39. The molecule has 0 aliphatic rings. The first-order valence-electron chi connectivity index (χ1n) is 7.15. The van der Waals surface area contributed by atoms with Gasteiger partial charge in [0.05, 0.1) is 0 Å². The molecule has 23 heavy (non-hydrogen) atoms. The second-order valence-electron chi connectivity index (χ2n) is 5.39. The fourth-order valence-corrected chi connectivity index (χ4v) is 2.02. The zero-order valence-corrected chi connectivity index (χ0v) is 13.7. The van der Waals surface area contributed by atoms with Crippen LogP contribution < -0.4 is 15.1 Å². The topological polar surface area (TPSA) is 78.7 Å². The van der Waals surface area contributed by atoms with E-state index in [0.29, 0.717) is 17.3 Å². The van der Waals surface area contributed by atoms with Crippen LogP contribution in [0.15, 0.2) is 34.9 Å². The molecule has 7 nitrogen and oxygen atoms in total. The Hall–Kier alpha value is -2.83. The lowest BCUT2D eigenvalue weighted by molar-refractivity contribution is -0.120.